The van der Waals surface area contributed by atoms with E-state index in [1.54, 1.807) is 0 Å². The van der Waals surface area contributed by atoms with Crippen LogP contribution in [0, 0.1) is 11.8 Å². The summed E-state index contributed by atoms with van der Waals surface area (Å²) in [5.74, 6) is 3.06. The molecule has 1 saturated heterocycles. The molecule has 1 aliphatic heterocycles. The maximum absolute atomic E-state index is 5.58. The highest BCUT2D eigenvalue weighted by Gasteiger charge is 2.20. The van der Waals surface area contributed by atoms with Crippen molar-refractivity contribution in [3.8, 4) is 0 Å². The average molecular weight is 280 g/mol. The van der Waals surface area contributed by atoms with Crippen LogP contribution in [0.5, 0.6) is 0 Å². The number of nitrogens with zero attached hydrogens (tertiary/aromatic N) is 3. The Morgan fingerprint density at radius 2 is 1.95 bits per heavy atom. The van der Waals surface area contributed by atoms with Gasteiger partial charge in [0.1, 0.15) is 0 Å². The SMILES string of the molecule is CCc1nnc(CN2CCC(CNCC(C)C)CC2)o1. The molecular formula is C15H28N4O. The third kappa shape index (κ3) is 4.87. The van der Waals surface area contributed by atoms with Crippen LogP contribution in [0.15, 0.2) is 4.42 Å². The van der Waals surface area contributed by atoms with Gasteiger partial charge in [0.2, 0.25) is 11.8 Å². The summed E-state index contributed by atoms with van der Waals surface area (Å²) in [6.07, 6.45) is 3.34. The summed E-state index contributed by atoms with van der Waals surface area (Å²) >= 11 is 0. The molecule has 2 rings (SSSR count). The molecular weight excluding hydrogens is 252 g/mol. The molecule has 5 heteroatoms. The van der Waals surface area contributed by atoms with Gasteiger partial charge < -0.3 is 9.73 Å². The zero-order valence-corrected chi connectivity index (χ0v) is 13.1. The monoisotopic (exact) mass is 280 g/mol. The quantitative estimate of drug-likeness (QED) is 0.829. The number of piperidine rings is 1. The summed E-state index contributed by atoms with van der Waals surface area (Å²) < 4.78 is 5.58. The second-order valence-electron chi connectivity index (χ2n) is 6.21. The third-order valence-electron chi connectivity index (χ3n) is 3.86. The lowest BCUT2D eigenvalue weighted by atomic mass is 9.96. The number of nitrogens with one attached hydrogen (secondary N) is 1. The lowest BCUT2D eigenvalue weighted by Gasteiger charge is -2.31. The fraction of sp³-hybridized carbons (Fsp3) is 0.867. The number of aromatic nitrogens is 2. The Morgan fingerprint density at radius 1 is 1.25 bits per heavy atom. The van der Waals surface area contributed by atoms with Crippen molar-refractivity contribution in [3.05, 3.63) is 11.8 Å². The zero-order chi connectivity index (χ0) is 14.4. The number of hydrogen-bond donors (Lipinski definition) is 1. The smallest absolute Gasteiger partial charge is 0.230 e. The molecule has 2 heterocycles. The third-order valence-corrected chi connectivity index (χ3v) is 3.86. The Balaban J connectivity index is 1.66. The molecule has 0 atom stereocenters. The Hall–Kier alpha value is -0.940. The van der Waals surface area contributed by atoms with Gasteiger partial charge in [-0.25, -0.2) is 0 Å². The van der Waals surface area contributed by atoms with Gasteiger partial charge in [-0.15, -0.1) is 10.2 Å². The number of aryl methyl sites for hydroxylation is 1. The normalized spacial score (nSPS) is 18.0. The summed E-state index contributed by atoms with van der Waals surface area (Å²) in [6, 6.07) is 0. The minimum atomic E-state index is 0.736. The van der Waals surface area contributed by atoms with Gasteiger partial charge in [0.05, 0.1) is 6.54 Å². The van der Waals surface area contributed by atoms with Crippen molar-refractivity contribution in [1.82, 2.24) is 20.4 Å². The van der Waals surface area contributed by atoms with Crippen LogP contribution in [0.4, 0.5) is 0 Å². The molecule has 5 nitrogen and oxygen atoms in total. The van der Waals surface area contributed by atoms with Crippen LogP contribution in [0.3, 0.4) is 0 Å². The zero-order valence-electron chi connectivity index (χ0n) is 13.1. The van der Waals surface area contributed by atoms with E-state index in [0.29, 0.717) is 0 Å². The van der Waals surface area contributed by atoms with E-state index in [0.717, 1.165) is 62.8 Å². The van der Waals surface area contributed by atoms with Crippen molar-refractivity contribution in [2.45, 2.75) is 46.6 Å². The molecule has 0 saturated carbocycles. The molecule has 0 aromatic carbocycles. The first-order valence-electron chi connectivity index (χ1n) is 7.91. The van der Waals surface area contributed by atoms with Crippen LogP contribution in [-0.2, 0) is 13.0 Å². The Labute approximate surface area is 122 Å². The molecule has 1 fully saturated rings. The van der Waals surface area contributed by atoms with Crippen LogP contribution in [0.25, 0.3) is 0 Å². The topological polar surface area (TPSA) is 54.2 Å². The standard InChI is InChI=1S/C15H28N4O/c1-4-14-17-18-15(20-14)11-19-7-5-13(6-8-19)10-16-9-12(2)3/h12-13,16H,4-11H2,1-3H3. The first-order chi connectivity index (χ1) is 9.67. The first-order valence-corrected chi connectivity index (χ1v) is 7.91. The summed E-state index contributed by atoms with van der Waals surface area (Å²) in [4.78, 5) is 2.42. The molecule has 1 aliphatic rings. The minimum Gasteiger partial charge on any atom is -0.424 e. The Morgan fingerprint density at radius 3 is 2.55 bits per heavy atom. The van der Waals surface area contributed by atoms with Crippen molar-refractivity contribution in [3.63, 3.8) is 0 Å². The average Bonchev–Trinajstić information content (AvgIpc) is 2.88. The second kappa shape index (κ2) is 7.74. The molecule has 0 bridgehead atoms. The molecule has 0 amide bonds. The Bertz CT molecular complexity index is 383. The predicted octanol–water partition coefficient (Wildman–Crippen LogP) is 2.09. The lowest BCUT2D eigenvalue weighted by molar-refractivity contribution is 0.161. The van der Waals surface area contributed by atoms with E-state index < -0.39 is 0 Å². The molecule has 0 radical (unpaired) electrons. The maximum Gasteiger partial charge on any atom is 0.230 e. The van der Waals surface area contributed by atoms with E-state index in [4.69, 9.17) is 4.42 Å². The van der Waals surface area contributed by atoms with Crippen LogP contribution >= 0.6 is 0 Å². The van der Waals surface area contributed by atoms with Crippen LogP contribution in [-0.4, -0.2) is 41.3 Å². The number of likely N-dealkylation sites (tertiary alicyclic amines) is 1. The molecule has 0 unspecified atom stereocenters. The van der Waals surface area contributed by atoms with Crippen molar-refractivity contribution in [1.29, 1.82) is 0 Å². The van der Waals surface area contributed by atoms with Gasteiger partial charge in [-0.2, -0.15) is 0 Å². The summed E-state index contributed by atoms with van der Waals surface area (Å²) in [6.45, 7) is 11.9. The van der Waals surface area contributed by atoms with Gasteiger partial charge in [0.25, 0.3) is 0 Å². The largest absolute Gasteiger partial charge is 0.424 e. The molecule has 1 N–H and O–H groups in total. The molecule has 1 aromatic heterocycles. The Kier molecular flexibility index (Phi) is 5.98. The predicted molar refractivity (Wildman–Crippen MR) is 79.4 cm³/mol. The molecule has 20 heavy (non-hydrogen) atoms. The highest BCUT2D eigenvalue weighted by Crippen LogP contribution is 2.18. The minimum absolute atomic E-state index is 0.736. The van der Waals surface area contributed by atoms with E-state index >= 15 is 0 Å². The van der Waals surface area contributed by atoms with Crippen molar-refractivity contribution in [2.24, 2.45) is 11.8 Å². The first kappa shape index (κ1) is 15.4. The fourth-order valence-electron chi connectivity index (χ4n) is 2.61. The van der Waals surface area contributed by atoms with Gasteiger partial charge in [0, 0.05) is 6.42 Å². The van der Waals surface area contributed by atoms with Crippen molar-refractivity contribution in [2.75, 3.05) is 26.2 Å². The summed E-state index contributed by atoms with van der Waals surface area (Å²) in [7, 11) is 0. The highest BCUT2D eigenvalue weighted by atomic mass is 16.4. The highest BCUT2D eigenvalue weighted by molar-refractivity contribution is 4.83. The van der Waals surface area contributed by atoms with E-state index in [1.807, 2.05) is 6.92 Å². The second-order valence-corrected chi connectivity index (χ2v) is 6.21. The van der Waals surface area contributed by atoms with E-state index in [1.165, 1.54) is 12.8 Å². The lowest BCUT2D eigenvalue weighted by Crippen LogP contribution is -2.37. The molecule has 0 aliphatic carbocycles. The van der Waals surface area contributed by atoms with Gasteiger partial charge in [-0.05, 0) is 50.9 Å². The van der Waals surface area contributed by atoms with Gasteiger partial charge in [0.15, 0.2) is 0 Å². The molecule has 0 spiro atoms. The fourth-order valence-corrected chi connectivity index (χ4v) is 2.61. The van der Waals surface area contributed by atoms with Crippen molar-refractivity contribution < 1.29 is 4.42 Å². The van der Waals surface area contributed by atoms with Crippen LogP contribution < -0.4 is 5.32 Å². The van der Waals surface area contributed by atoms with Crippen LogP contribution in [0.2, 0.25) is 0 Å². The molecule has 1 aromatic rings. The number of hydrogen-bond acceptors (Lipinski definition) is 5. The summed E-state index contributed by atoms with van der Waals surface area (Å²) in [5.41, 5.74) is 0. The van der Waals surface area contributed by atoms with Gasteiger partial charge in [-0.3, -0.25) is 4.90 Å². The maximum atomic E-state index is 5.58. The molecule has 114 valence electrons. The van der Waals surface area contributed by atoms with E-state index in [9.17, 15) is 0 Å². The van der Waals surface area contributed by atoms with E-state index in [-0.39, 0.29) is 0 Å². The van der Waals surface area contributed by atoms with Gasteiger partial charge in [-0.1, -0.05) is 20.8 Å². The summed E-state index contributed by atoms with van der Waals surface area (Å²) in [5, 5.41) is 11.7. The van der Waals surface area contributed by atoms with Crippen LogP contribution in [0.1, 0.15) is 45.4 Å². The van der Waals surface area contributed by atoms with Gasteiger partial charge >= 0.3 is 0 Å². The van der Waals surface area contributed by atoms with E-state index in [2.05, 4.69) is 34.3 Å². The number of rotatable bonds is 7. The van der Waals surface area contributed by atoms with Crippen molar-refractivity contribution >= 4 is 0 Å².